The Morgan fingerprint density at radius 1 is 1.06 bits per heavy atom. The van der Waals surface area contributed by atoms with Crippen LogP contribution in [0.3, 0.4) is 0 Å². The molecule has 1 nitrogen and oxygen atoms in total. The lowest BCUT2D eigenvalue weighted by Crippen LogP contribution is -2.36. The molecule has 0 aromatic carbocycles. The van der Waals surface area contributed by atoms with Crippen molar-refractivity contribution in [3.8, 4) is 11.8 Å². The van der Waals surface area contributed by atoms with Gasteiger partial charge < -0.3 is 5.73 Å². The number of hydrogen-bond acceptors (Lipinski definition) is 1. The lowest BCUT2D eigenvalue weighted by Gasteiger charge is -2.41. The van der Waals surface area contributed by atoms with Crippen LogP contribution in [0.15, 0.2) is 0 Å². The maximum absolute atomic E-state index is 5.89. The molecule has 2 unspecified atom stereocenters. The molecule has 0 radical (unpaired) electrons. The first-order chi connectivity index (χ1) is 8.37. The van der Waals surface area contributed by atoms with Crippen molar-refractivity contribution in [1.82, 2.24) is 0 Å². The van der Waals surface area contributed by atoms with Crippen molar-refractivity contribution >= 4 is 0 Å². The molecule has 0 rings (SSSR count). The van der Waals surface area contributed by atoms with Gasteiger partial charge in [0, 0.05) is 12.8 Å². The molecule has 18 heavy (non-hydrogen) atoms. The lowest BCUT2D eigenvalue weighted by molar-refractivity contribution is 0.0870. The van der Waals surface area contributed by atoms with Crippen molar-refractivity contribution in [1.29, 1.82) is 0 Å². The summed E-state index contributed by atoms with van der Waals surface area (Å²) in [5, 5.41) is 0. The van der Waals surface area contributed by atoms with Gasteiger partial charge in [0.2, 0.25) is 0 Å². The Labute approximate surface area is 115 Å². The van der Waals surface area contributed by atoms with Crippen LogP contribution >= 0.6 is 0 Å². The first-order valence-electron chi connectivity index (χ1n) is 7.53. The second-order valence-electron chi connectivity index (χ2n) is 6.44. The van der Waals surface area contributed by atoms with Crippen LogP contribution in [0.1, 0.15) is 67.2 Å². The van der Waals surface area contributed by atoms with Crippen molar-refractivity contribution in [2.45, 2.75) is 67.2 Å². The van der Waals surface area contributed by atoms with E-state index >= 15 is 0 Å². The third-order valence-corrected chi connectivity index (χ3v) is 4.58. The smallest absolute Gasteiger partial charge is 0.00916 e. The van der Waals surface area contributed by atoms with Crippen LogP contribution in [-0.4, -0.2) is 6.54 Å². The summed E-state index contributed by atoms with van der Waals surface area (Å²) in [5.41, 5.74) is 6.22. The van der Waals surface area contributed by atoms with E-state index in [1.807, 2.05) is 0 Å². The minimum Gasteiger partial charge on any atom is -0.330 e. The number of rotatable bonds is 7. The van der Waals surface area contributed by atoms with Gasteiger partial charge in [-0.3, -0.25) is 0 Å². The van der Waals surface area contributed by atoms with E-state index in [9.17, 15) is 0 Å². The predicted octanol–water partition coefficient (Wildman–Crippen LogP) is 4.46. The molecule has 0 bridgehead atoms. The standard InChI is InChI=1S/C17H33N/c1-7-8-9-10-11-12-16(15(4)13-18)17(5,6)14(2)3/h14-16H,7-8,11-13,18H2,1-6H3. The predicted molar refractivity (Wildman–Crippen MR) is 82.2 cm³/mol. The number of nitrogens with two attached hydrogens (primary N) is 1. The van der Waals surface area contributed by atoms with Crippen LogP contribution in [0, 0.1) is 35.0 Å². The van der Waals surface area contributed by atoms with Gasteiger partial charge in [-0.2, -0.15) is 0 Å². The highest BCUT2D eigenvalue weighted by molar-refractivity contribution is 4.99. The molecule has 2 N–H and O–H groups in total. The summed E-state index contributed by atoms with van der Waals surface area (Å²) >= 11 is 0. The van der Waals surface area contributed by atoms with Crippen LogP contribution in [0.5, 0.6) is 0 Å². The minimum atomic E-state index is 0.339. The summed E-state index contributed by atoms with van der Waals surface area (Å²) in [6.45, 7) is 14.6. The summed E-state index contributed by atoms with van der Waals surface area (Å²) in [5.74, 6) is 8.49. The van der Waals surface area contributed by atoms with Gasteiger partial charge in [0.1, 0.15) is 0 Å². The molecule has 0 heterocycles. The molecule has 0 amide bonds. The van der Waals surface area contributed by atoms with Gasteiger partial charge in [0.25, 0.3) is 0 Å². The quantitative estimate of drug-likeness (QED) is 0.664. The third kappa shape index (κ3) is 5.44. The summed E-state index contributed by atoms with van der Waals surface area (Å²) < 4.78 is 0. The highest BCUT2D eigenvalue weighted by Gasteiger charge is 2.34. The molecule has 0 aromatic heterocycles. The molecule has 1 heteroatoms. The number of unbranched alkanes of at least 4 members (excludes halogenated alkanes) is 1. The Balaban J connectivity index is 4.57. The average molecular weight is 251 g/mol. The van der Waals surface area contributed by atoms with Crippen molar-refractivity contribution in [3.63, 3.8) is 0 Å². The molecule has 0 aromatic rings. The SMILES string of the molecule is CCCC#CCCC(C(C)CN)C(C)(C)C(C)C. The van der Waals surface area contributed by atoms with Crippen molar-refractivity contribution in [2.75, 3.05) is 6.54 Å². The number of hydrogen-bond donors (Lipinski definition) is 1. The van der Waals surface area contributed by atoms with Crippen LogP contribution in [0.2, 0.25) is 0 Å². The molecule has 0 aliphatic carbocycles. The fourth-order valence-electron chi connectivity index (χ4n) is 2.51. The Kier molecular flexibility index (Phi) is 8.36. The van der Waals surface area contributed by atoms with Gasteiger partial charge in [-0.1, -0.05) is 41.5 Å². The van der Waals surface area contributed by atoms with Crippen molar-refractivity contribution in [3.05, 3.63) is 0 Å². The monoisotopic (exact) mass is 251 g/mol. The maximum Gasteiger partial charge on any atom is 0.00916 e. The summed E-state index contributed by atoms with van der Waals surface area (Å²) in [7, 11) is 0. The van der Waals surface area contributed by atoms with Crippen molar-refractivity contribution in [2.24, 2.45) is 28.9 Å². The Morgan fingerprint density at radius 3 is 2.06 bits per heavy atom. The van der Waals surface area contributed by atoms with Gasteiger partial charge in [-0.05, 0) is 42.6 Å². The fourth-order valence-corrected chi connectivity index (χ4v) is 2.51. The Hall–Kier alpha value is -0.480. The zero-order valence-corrected chi connectivity index (χ0v) is 13.3. The van der Waals surface area contributed by atoms with Crippen LogP contribution in [-0.2, 0) is 0 Å². The molecular formula is C17H33N. The molecule has 0 saturated heterocycles. The van der Waals surface area contributed by atoms with Gasteiger partial charge in [-0.25, -0.2) is 0 Å². The van der Waals surface area contributed by atoms with Gasteiger partial charge in [-0.15, -0.1) is 11.8 Å². The zero-order chi connectivity index (χ0) is 14.2. The van der Waals surface area contributed by atoms with E-state index in [2.05, 4.69) is 53.4 Å². The van der Waals surface area contributed by atoms with Crippen LogP contribution < -0.4 is 5.73 Å². The third-order valence-electron chi connectivity index (χ3n) is 4.58. The molecule has 0 saturated carbocycles. The average Bonchev–Trinajstić information content (AvgIpc) is 2.32. The summed E-state index contributed by atoms with van der Waals surface area (Å²) in [4.78, 5) is 0. The highest BCUT2D eigenvalue weighted by Crippen LogP contribution is 2.41. The largest absolute Gasteiger partial charge is 0.330 e. The second-order valence-corrected chi connectivity index (χ2v) is 6.44. The molecule has 0 aliphatic rings. The summed E-state index contributed by atoms with van der Waals surface area (Å²) in [6.07, 6.45) is 4.39. The first kappa shape index (κ1) is 17.5. The van der Waals surface area contributed by atoms with E-state index in [4.69, 9.17) is 5.73 Å². The highest BCUT2D eigenvalue weighted by atomic mass is 14.6. The minimum absolute atomic E-state index is 0.339. The van der Waals surface area contributed by atoms with Gasteiger partial charge in [0.15, 0.2) is 0 Å². The topological polar surface area (TPSA) is 26.0 Å². The van der Waals surface area contributed by atoms with E-state index in [0.29, 0.717) is 23.2 Å². The molecule has 106 valence electrons. The normalized spacial score (nSPS) is 15.1. The molecule has 0 spiro atoms. The first-order valence-corrected chi connectivity index (χ1v) is 7.53. The van der Waals surface area contributed by atoms with E-state index in [0.717, 1.165) is 25.8 Å². The van der Waals surface area contributed by atoms with Gasteiger partial charge in [0.05, 0.1) is 0 Å². The zero-order valence-electron chi connectivity index (χ0n) is 13.3. The summed E-state index contributed by atoms with van der Waals surface area (Å²) in [6, 6.07) is 0. The van der Waals surface area contributed by atoms with E-state index in [-0.39, 0.29) is 0 Å². The molecule has 0 aliphatic heterocycles. The van der Waals surface area contributed by atoms with Gasteiger partial charge >= 0.3 is 0 Å². The van der Waals surface area contributed by atoms with E-state index in [1.165, 1.54) is 6.42 Å². The Morgan fingerprint density at radius 2 is 1.61 bits per heavy atom. The lowest BCUT2D eigenvalue weighted by atomic mass is 9.64. The van der Waals surface area contributed by atoms with Crippen molar-refractivity contribution < 1.29 is 0 Å². The molecule has 0 fully saturated rings. The molecule has 2 atom stereocenters. The van der Waals surface area contributed by atoms with E-state index < -0.39 is 0 Å². The van der Waals surface area contributed by atoms with Crippen LogP contribution in [0.4, 0.5) is 0 Å². The molecular weight excluding hydrogens is 218 g/mol. The second kappa shape index (κ2) is 8.59. The maximum atomic E-state index is 5.89. The fraction of sp³-hybridized carbons (Fsp3) is 0.882. The van der Waals surface area contributed by atoms with Crippen LogP contribution in [0.25, 0.3) is 0 Å². The van der Waals surface area contributed by atoms with E-state index in [1.54, 1.807) is 0 Å². The Bertz CT molecular complexity index is 267.